The first-order valence-electron chi connectivity index (χ1n) is 9.75. The molecule has 0 fully saturated rings. The van der Waals surface area contributed by atoms with Crippen LogP contribution in [0.5, 0.6) is 0 Å². The largest absolute Gasteiger partial charge is 0.458 e. The maximum absolute atomic E-state index is 12.4. The van der Waals surface area contributed by atoms with Crippen molar-refractivity contribution in [2.24, 2.45) is 0 Å². The maximum Gasteiger partial charge on any atom is 0.407 e. The van der Waals surface area contributed by atoms with Crippen molar-refractivity contribution >= 4 is 12.1 Å². The highest BCUT2D eigenvalue weighted by Crippen LogP contribution is 2.44. The van der Waals surface area contributed by atoms with Crippen molar-refractivity contribution in [3.8, 4) is 11.1 Å². The fourth-order valence-corrected chi connectivity index (χ4v) is 3.53. The quantitative estimate of drug-likeness (QED) is 0.728. The summed E-state index contributed by atoms with van der Waals surface area (Å²) in [5.74, 6) is -0.661. The lowest BCUT2D eigenvalue weighted by atomic mass is 9.98. The molecule has 0 bridgehead atoms. The second kappa shape index (κ2) is 8.66. The summed E-state index contributed by atoms with van der Waals surface area (Å²) in [4.78, 5) is 24.6. The van der Waals surface area contributed by atoms with E-state index in [1.165, 1.54) is 0 Å². The first-order chi connectivity index (χ1) is 13.8. The number of hydrogen-bond donors (Lipinski definition) is 2. The van der Waals surface area contributed by atoms with Gasteiger partial charge in [-0.2, -0.15) is 0 Å². The van der Waals surface area contributed by atoms with Crippen LogP contribution in [0.3, 0.4) is 0 Å². The van der Waals surface area contributed by atoms with Gasteiger partial charge in [-0.05, 0) is 43.0 Å². The van der Waals surface area contributed by atoms with Gasteiger partial charge in [0.15, 0.2) is 0 Å². The highest BCUT2D eigenvalue weighted by molar-refractivity contribution is 5.82. The normalized spacial score (nSPS) is 13.9. The zero-order valence-electron chi connectivity index (χ0n) is 17.0. The molecule has 2 aromatic rings. The number of carbonyl (C=O) groups excluding carboxylic acids is 2. The molecule has 29 heavy (non-hydrogen) atoms. The molecule has 6 heteroatoms. The molecule has 1 aliphatic rings. The monoisotopic (exact) mass is 397 g/mol. The van der Waals surface area contributed by atoms with Crippen LogP contribution in [0, 0.1) is 0 Å². The van der Waals surface area contributed by atoms with Crippen LogP contribution < -0.4 is 5.32 Å². The summed E-state index contributed by atoms with van der Waals surface area (Å²) in [7, 11) is 0. The van der Waals surface area contributed by atoms with Crippen LogP contribution in [0.15, 0.2) is 48.5 Å². The molecule has 0 radical (unpaired) electrons. The number of rotatable bonds is 6. The van der Waals surface area contributed by atoms with E-state index in [4.69, 9.17) is 9.47 Å². The molecule has 0 aliphatic heterocycles. The van der Waals surface area contributed by atoms with Gasteiger partial charge in [0.2, 0.25) is 0 Å². The fraction of sp³-hybridized carbons (Fsp3) is 0.391. The molecule has 1 aliphatic carbocycles. The van der Waals surface area contributed by atoms with Crippen LogP contribution in [0.2, 0.25) is 0 Å². The van der Waals surface area contributed by atoms with E-state index in [2.05, 4.69) is 17.4 Å². The summed E-state index contributed by atoms with van der Waals surface area (Å²) >= 11 is 0. The number of hydrogen-bond acceptors (Lipinski definition) is 5. The molecular weight excluding hydrogens is 370 g/mol. The van der Waals surface area contributed by atoms with E-state index in [0.29, 0.717) is 0 Å². The highest BCUT2D eigenvalue weighted by atomic mass is 16.6. The first kappa shape index (κ1) is 20.9. The van der Waals surface area contributed by atoms with Crippen LogP contribution >= 0.6 is 0 Å². The third-order valence-electron chi connectivity index (χ3n) is 4.74. The van der Waals surface area contributed by atoms with E-state index in [9.17, 15) is 14.7 Å². The van der Waals surface area contributed by atoms with E-state index in [-0.39, 0.29) is 25.6 Å². The molecule has 0 saturated carbocycles. The molecule has 0 aromatic heterocycles. The summed E-state index contributed by atoms with van der Waals surface area (Å²) in [6.07, 6.45) is -0.657. The Labute approximate surface area is 170 Å². The number of alkyl carbamates (subject to hydrolysis) is 1. The van der Waals surface area contributed by atoms with E-state index in [0.717, 1.165) is 22.3 Å². The van der Waals surface area contributed by atoms with Crippen LogP contribution in [-0.4, -0.2) is 42.0 Å². The van der Waals surface area contributed by atoms with Gasteiger partial charge in [-0.1, -0.05) is 48.5 Å². The van der Waals surface area contributed by atoms with Gasteiger partial charge < -0.3 is 19.9 Å². The minimum absolute atomic E-state index is 0.0547. The Balaban J connectivity index is 1.66. The summed E-state index contributed by atoms with van der Waals surface area (Å²) in [6.45, 7) is 5.13. The van der Waals surface area contributed by atoms with E-state index in [1.807, 2.05) is 36.4 Å². The second-order valence-electron chi connectivity index (χ2n) is 8.07. The van der Waals surface area contributed by atoms with Gasteiger partial charge in [0.05, 0.1) is 0 Å². The predicted molar refractivity (Wildman–Crippen MR) is 110 cm³/mol. The van der Waals surface area contributed by atoms with Gasteiger partial charge in [-0.3, -0.25) is 0 Å². The zero-order chi connectivity index (χ0) is 21.0. The number of benzene rings is 2. The Morgan fingerprint density at radius 1 is 1.03 bits per heavy atom. The van der Waals surface area contributed by atoms with Crippen LogP contribution in [0.25, 0.3) is 11.1 Å². The lowest BCUT2D eigenvalue weighted by Gasteiger charge is -2.24. The third-order valence-corrected chi connectivity index (χ3v) is 4.74. The third kappa shape index (κ3) is 4.95. The Hall–Kier alpha value is -2.86. The number of fused-ring (bicyclic) bond motifs is 3. The Bertz CT molecular complexity index is 841. The predicted octanol–water partition coefficient (Wildman–Crippen LogP) is 3.62. The number of aliphatic hydroxyl groups excluding tert-OH is 1. The number of esters is 1. The maximum atomic E-state index is 12.4. The molecule has 1 atom stereocenters. The molecule has 0 saturated heterocycles. The highest BCUT2D eigenvalue weighted by Gasteiger charge is 2.30. The van der Waals surface area contributed by atoms with Crippen molar-refractivity contribution < 1.29 is 24.2 Å². The average molecular weight is 397 g/mol. The van der Waals surface area contributed by atoms with Crippen molar-refractivity contribution in [3.05, 3.63) is 59.7 Å². The van der Waals surface area contributed by atoms with Crippen LogP contribution in [-0.2, 0) is 14.3 Å². The Morgan fingerprint density at radius 2 is 1.59 bits per heavy atom. The molecule has 0 unspecified atom stereocenters. The lowest BCUT2D eigenvalue weighted by Crippen LogP contribution is -2.45. The smallest absolute Gasteiger partial charge is 0.407 e. The second-order valence-corrected chi connectivity index (χ2v) is 8.07. The average Bonchev–Trinajstić information content (AvgIpc) is 2.99. The van der Waals surface area contributed by atoms with Crippen molar-refractivity contribution in [2.45, 2.75) is 44.8 Å². The number of ether oxygens (including phenoxy) is 2. The standard InChI is InChI=1S/C23H27NO5/c1-23(2,3)29-21(26)20(12-13-25)24-22(27)28-14-19-17-10-6-4-8-15(17)16-9-5-7-11-18(16)19/h4-11,19-20,25H,12-14H2,1-3H3,(H,24,27)/t20-/m1/s1. The van der Waals surface area contributed by atoms with Gasteiger partial charge in [-0.15, -0.1) is 0 Å². The van der Waals surface area contributed by atoms with Crippen molar-refractivity contribution in [1.29, 1.82) is 0 Å². The molecule has 2 N–H and O–H groups in total. The van der Waals surface area contributed by atoms with Gasteiger partial charge in [-0.25, -0.2) is 9.59 Å². The molecule has 154 valence electrons. The van der Waals surface area contributed by atoms with Crippen molar-refractivity contribution in [1.82, 2.24) is 5.32 Å². The van der Waals surface area contributed by atoms with Crippen molar-refractivity contribution in [2.75, 3.05) is 13.2 Å². The molecule has 3 rings (SSSR count). The molecule has 6 nitrogen and oxygen atoms in total. The molecule has 1 amide bonds. The van der Waals surface area contributed by atoms with E-state index >= 15 is 0 Å². The number of amides is 1. The number of nitrogens with one attached hydrogen (secondary N) is 1. The SMILES string of the molecule is CC(C)(C)OC(=O)[C@@H](CCO)NC(=O)OCC1c2ccccc2-c2ccccc21. The lowest BCUT2D eigenvalue weighted by molar-refractivity contribution is -0.157. The molecule has 2 aromatic carbocycles. The van der Waals surface area contributed by atoms with Crippen molar-refractivity contribution in [3.63, 3.8) is 0 Å². The minimum atomic E-state index is -0.963. The van der Waals surface area contributed by atoms with Gasteiger partial charge in [0.25, 0.3) is 0 Å². The summed E-state index contributed by atoms with van der Waals surface area (Å²) in [6, 6.07) is 15.2. The van der Waals surface area contributed by atoms with Gasteiger partial charge in [0, 0.05) is 18.9 Å². The summed E-state index contributed by atoms with van der Waals surface area (Å²) in [5.41, 5.74) is 3.82. The first-order valence-corrected chi connectivity index (χ1v) is 9.75. The van der Waals surface area contributed by atoms with Crippen LogP contribution in [0.4, 0.5) is 4.79 Å². The molecular formula is C23H27NO5. The van der Waals surface area contributed by atoms with E-state index in [1.54, 1.807) is 20.8 Å². The minimum Gasteiger partial charge on any atom is -0.458 e. The summed E-state index contributed by atoms with van der Waals surface area (Å²) in [5, 5.41) is 11.7. The topological polar surface area (TPSA) is 84.9 Å². The number of aliphatic hydroxyl groups is 1. The van der Waals surface area contributed by atoms with Gasteiger partial charge in [0.1, 0.15) is 18.2 Å². The fourth-order valence-electron chi connectivity index (χ4n) is 3.53. The Kier molecular flexibility index (Phi) is 6.23. The molecule has 0 spiro atoms. The van der Waals surface area contributed by atoms with E-state index < -0.39 is 23.7 Å². The molecule has 0 heterocycles. The Morgan fingerprint density at radius 3 is 2.10 bits per heavy atom. The summed E-state index contributed by atoms with van der Waals surface area (Å²) < 4.78 is 10.8. The van der Waals surface area contributed by atoms with Crippen LogP contribution in [0.1, 0.15) is 44.2 Å². The van der Waals surface area contributed by atoms with Gasteiger partial charge >= 0.3 is 12.1 Å². The number of carbonyl (C=O) groups is 2. The zero-order valence-corrected chi connectivity index (χ0v) is 17.0.